The molecule has 1 aliphatic carbocycles. The van der Waals surface area contributed by atoms with E-state index in [1.54, 1.807) is 0 Å². The molecule has 0 aromatic heterocycles. The Morgan fingerprint density at radius 2 is 2.05 bits per heavy atom. The Hall–Kier alpha value is -0.540. The van der Waals surface area contributed by atoms with Crippen LogP contribution in [0.4, 0.5) is 5.69 Å². The molecule has 0 aliphatic heterocycles. The summed E-state index contributed by atoms with van der Waals surface area (Å²) in [4.78, 5) is 0. The van der Waals surface area contributed by atoms with E-state index >= 15 is 0 Å². The van der Waals surface area contributed by atoms with Gasteiger partial charge in [0.2, 0.25) is 0 Å². The summed E-state index contributed by atoms with van der Waals surface area (Å²) in [6, 6.07) is 8.22. The van der Waals surface area contributed by atoms with Gasteiger partial charge >= 0.3 is 0 Å². The summed E-state index contributed by atoms with van der Waals surface area (Å²) in [5.41, 5.74) is 1.14. The molecule has 1 fully saturated rings. The van der Waals surface area contributed by atoms with Crippen molar-refractivity contribution in [1.82, 2.24) is 0 Å². The number of anilines is 1. The van der Waals surface area contributed by atoms with E-state index in [0.717, 1.165) is 41.1 Å². The van der Waals surface area contributed by atoms with Crippen LogP contribution < -0.4 is 5.32 Å². The number of halogens is 1. The normalized spacial score (nSPS) is 26.0. The summed E-state index contributed by atoms with van der Waals surface area (Å²) in [5, 5.41) is 3.44. The third-order valence-electron chi connectivity index (χ3n) is 4.58. The van der Waals surface area contributed by atoms with Crippen molar-refractivity contribution in [3.05, 3.63) is 28.7 Å². The number of ether oxygens (including phenoxy) is 1. The highest BCUT2D eigenvalue weighted by molar-refractivity contribution is 9.10. The second kappa shape index (κ2) is 8.19. The Balaban J connectivity index is 1.77. The molecule has 0 bridgehead atoms. The van der Waals surface area contributed by atoms with Crippen molar-refractivity contribution in [2.75, 3.05) is 18.5 Å². The fourth-order valence-electron chi connectivity index (χ4n) is 3.31. The third kappa shape index (κ3) is 5.00. The molecule has 0 amide bonds. The number of nitrogens with one attached hydrogen (secondary N) is 1. The Kier molecular flexibility index (Phi) is 6.56. The zero-order valence-electron chi connectivity index (χ0n) is 13.4. The fourth-order valence-corrected chi connectivity index (χ4v) is 3.73. The van der Waals surface area contributed by atoms with Gasteiger partial charge in [0, 0.05) is 16.7 Å². The minimum Gasteiger partial charge on any atom is -0.382 e. The van der Waals surface area contributed by atoms with Crippen LogP contribution in [-0.4, -0.2) is 19.3 Å². The third-order valence-corrected chi connectivity index (χ3v) is 5.28. The van der Waals surface area contributed by atoms with Gasteiger partial charge in [-0.15, -0.1) is 0 Å². The maximum atomic E-state index is 6.21. The van der Waals surface area contributed by atoms with Crippen LogP contribution in [0.15, 0.2) is 28.7 Å². The maximum absolute atomic E-state index is 6.21. The lowest BCUT2D eigenvalue weighted by atomic mass is 9.75. The van der Waals surface area contributed by atoms with Gasteiger partial charge in [-0.05, 0) is 58.7 Å². The van der Waals surface area contributed by atoms with E-state index in [9.17, 15) is 0 Å². The molecule has 2 nitrogen and oxygen atoms in total. The lowest BCUT2D eigenvalue weighted by molar-refractivity contribution is -0.0340. The number of benzene rings is 1. The average molecular weight is 354 g/mol. The van der Waals surface area contributed by atoms with Gasteiger partial charge in [-0.3, -0.25) is 0 Å². The Morgan fingerprint density at radius 1 is 1.29 bits per heavy atom. The van der Waals surface area contributed by atoms with Gasteiger partial charge in [-0.25, -0.2) is 0 Å². The molecule has 1 N–H and O–H groups in total. The smallest absolute Gasteiger partial charge is 0.0642 e. The monoisotopic (exact) mass is 353 g/mol. The first-order chi connectivity index (χ1) is 10.1. The molecule has 1 aliphatic rings. The Labute approximate surface area is 137 Å². The molecule has 1 aromatic rings. The van der Waals surface area contributed by atoms with E-state index in [1.165, 1.54) is 19.3 Å². The minimum absolute atomic E-state index is 0.440. The van der Waals surface area contributed by atoms with Crippen molar-refractivity contribution in [3.8, 4) is 0 Å². The predicted molar refractivity (Wildman–Crippen MR) is 93.7 cm³/mol. The van der Waals surface area contributed by atoms with Crippen LogP contribution in [0.1, 0.15) is 40.0 Å². The van der Waals surface area contributed by atoms with Crippen LogP contribution in [0.2, 0.25) is 0 Å². The topological polar surface area (TPSA) is 21.3 Å². The van der Waals surface area contributed by atoms with Crippen LogP contribution in [-0.2, 0) is 4.74 Å². The highest BCUT2D eigenvalue weighted by Gasteiger charge is 2.31. The van der Waals surface area contributed by atoms with E-state index in [0.29, 0.717) is 6.10 Å². The molecule has 118 valence electrons. The van der Waals surface area contributed by atoms with Crippen molar-refractivity contribution in [2.24, 2.45) is 17.8 Å². The first-order valence-corrected chi connectivity index (χ1v) is 8.97. The summed E-state index contributed by atoms with van der Waals surface area (Å²) in [7, 11) is 0. The van der Waals surface area contributed by atoms with Crippen LogP contribution in [0.5, 0.6) is 0 Å². The van der Waals surface area contributed by atoms with Gasteiger partial charge in [0.15, 0.2) is 0 Å². The molecule has 0 heterocycles. The zero-order valence-corrected chi connectivity index (χ0v) is 15.0. The van der Waals surface area contributed by atoms with Crippen LogP contribution in [0.3, 0.4) is 0 Å². The second-order valence-corrected chi connectivity index (χ2v) is 7.50. The van der Waals surface area contributed by atoms with Crippen molar-refractivity contribution in [3.63, 3.8) is 0 Å². The summed E-state index contributed by atoms with van der Waals surface area (Å²) in [6.45, 7) is 8.65. The van der Waals surface area contributed by atoms with Gasteiger partial charge in [-0.1, -0.05) is 39.3 Å². The van der Waals surface area contributed by atoms with E-state index in [-0.39, 0.29) is 0 Å². The molecule has 0 spiro atoms. The minimum atomic E-state index is 0.440. The molecule has 3 heteroatoms. The molecule has 2 rings (SSSR count). The molecular weight excluding hydrogens is 326 g/mol. The highest BCUT2D eigenvalue weighted by Crippen LogP contribution is 2.35. The first-order valence-electron chi connectivity index (χ1n) is 8.18. The lowest BCUT2D eigenvalue weighted by Gasteiger charge is -2.37. The molecule has 0 radical (unpaired) electrons. The summed E-state index contributed by atoms with van der Waals surface area (Å²) in [5.74, 6) is 2.25. The maximum Gasteiger partial charge on any atom is 0.0642 e. The number of hydrogen-bond donors (Lipinski definition) is 1. The van der Waals surface area contributed by atoms with Crippen LogP contribution >= 0.6 is 15.9 Å². The summed E-state index contributed by atoms with van der Waals surface area (Å²) in [6.07, 6.45) is 4.34. The molecule has 21 heavy (non-hydrogen) atoms. The van der Waals surface area contributed by atoms with E-state index < -0.39 is 0 Å². The van der Waals surface area contributed by atoms with E-state index in [1.807, 2.05) is 12.1 Å². The molecule has 0 saturated heterocycles. The summed E-state index contributed by atoms with van der Waals surface area (Å²) < 4.78 is 7.32. The molecular formula is C18H28BrNO. The lowest BCUT2D eigenvalue weighted by Crippen LogP contribution is -2.35. The molecule has 3 unspecified atom stereocenters. The van der Waals surface area contributed by atoms with Gasteiger partial charge in [-0.2, -0.15) is 0 Å². The Morgan fingerprint density at radius 3 is 2.76 bits per heavy atom. The van der Waals surface area contributed by atoms with Crippen LogP contribution in [0.25, 0.3) is 0 Å². The molecule has 3 atom stereocenters. The quantitative estimate of drug-likeness (QED) is 0.697. The number of rotatable bonds is 6. The van der Waals surface area contributed by atoms with Gasteiger partial charge in [0.25, 0.3) is 0 Å². The number of hydrogen-bond acceptors (Lipinski definition) is 2. The predicted octanol–water partition coefficient (Wildman–Crippen LogP) is 5.34. The summed E-state index contributed by atoms with van der Waals surface area (Å²) >= 11 is 3.56. The number of para-hydroxylation sites is 1. The van der Waals surface area contributed by atoms with Crippen molar-refractivity contribution >= 4 is 21.6 Å². The zero-order chi connectivity index (χ0) is 15.2. The fraction of sp³-hybridized carbons (Fsp3) is 0.667. The average Bonchev–Trinajstić information content (AvgIpc) is 2.45. The molecule has 1 aromatic carbocycles. The van der Waals surface area contributed by atoms with Gasteiger partial charge < -0.3 is 10.1 Å². The van der Waals surface area contributed by atoms with Crippen molar-refractivity contribution in [1.29, 1.82) is 0 Å². The molecule has 1 saturated carbocycles. The van der Waals surface area contributed by atoms with E-state index in [4.69, 9.17) is 4.74 Å². The largest absolute Gasteiger partial charge is 0.382 e. The van der Waals surface area contributed by atoms with E-state index in [2.05, 4.69) is 54.2 Å². The highest BCUT2D eigenvalue weighted by atomic mass is 79.9. The van der Waals surface area contributed by atoms with Crippen molar-refractivity contribution < 1.29 is 4.74 Å². The second-order valence-electron chi connectivity index (χ2n) is 6.64. The van der Waals surface area contributed by atoms with Gasteiger partial charge in [0.05, 0.1) is 12.7 Å². The van der Waals surface area contributed by atoms with Crippen molar-refractivity contribution in [2.45, 2.75) is 46.1 Å². The Bertz CT molecular complexity index is 435. The van der Waals surface area contributed by atoms with Gasteiger partial charge in [0.1, 0.15) is 0 Å². The SMILES string of the molecule is CC1CCC(C(C)C)C(OCCNc2ccccc2Br)C1. The first kappa shape index (κ1) is 16.8. The standard InChI is InChI=1S/C18H28BrNO/c1-13(2)15-9-8-14(3)12-18(15)21-11-10-20-17-7-5-4-6-16(17)19/h4-7,13-15,18,20H,8-12H2,1-3H3. The van der Waals surface area contributed by atoms with Crippen LogP contribution in [0, 0.1) is 17.8 Å².